The normalized spacial score (nSPS) is 13.2. The summed E-state index contributed by atoms with van der Waals surface area (Å²) in [4.78, 5) is 14.7. The van der Waals surface area contributed by atoms with Crippen LogP contribution in [0.25, 0.3) is 0 Å². The number of nitrogens with zero attached hydrogens (tertiary/aromatic N) is 4. The summed E-state index contributed by atoms with van der Waals surface area (Å²) in [5.74, 6) is 0.621. The molecule has 114 valence electrons. The molecule has 0 aliphatic carbocycles. The van der Waals surface area contributed by atoms with E-state index in [-0.39, 0.29) is 11.3 Å². The Morgan fingerprint density at radius 2 is 2.14 bits per heavy atom. The van der Waals surface area contributed by atoms with Gasteiger partial charge in [0.1, 0.15) is 6.04 Å². The SMILES string of the molecule is Cc1ccc(CNC(=O)C(C)n2nnnc2C(C)(C)C)s1. The molecule has 2 aromatic heterocycles. The van der Waals surface area contributed by atoms with Crippen LogP contribution in [0.5, 0.6) is 0 Å². The van der Waals surface area contributed by atoms with E-state index in [0.29, 0.717) is 12.4 Å². The highest BCUT2D eigenvalue weighted by molar-refractivity contribution is 7.11. The third-order valence-corrected chi connectivity index (χ3v) is 4.14. The molecule has 7 heteroatoms. The largest absolute Gasteiger partial charge is 0.349 e. The van der Waals surface area contributed by atoms with Crippen molar-refractivity contribution < 1.29 is 4.79 Å². The Labute approximate surface area is 128 Å². The summed E-state index contributed by atoms with van der Waals surface area (Å²) < 4.78 is 1.59. The van der Waals surface area contributed by atoms with E-state index in [9.17, 15) is 4.79 Å². The highest BCUT2D eigenvalue weighted by atomic mass is 32.1. The molecule has 0 aliphatic heterocycles. The first kappa shape index (κ1) is 15.6. The molecule has 0 fully saturated rings. The van der Waals surface area contributed by atoms with Crippen LogP contribution in [-0.4, -0.2) is 26.1 Å². The Bertz CT molecular complexity index is 625. The number of thiophene rings is 1. The van der Waals surface area contributed by atoms with Crippen LogP contribution in [0.3, 0.4) is 0 Å². The number of amides is 1. The summed E-state index contributed by atoms with van der Waals surface area (Å²) >= 11 is 1.68. The van der Waals surface area contributed by atoms with Gasteiger partial charge in [0.15, 0.2) is 5.82 Å². The standard InChI is InChI=1S/C14H21N5OS/c1-9-6-7-11(21-9)8-15-12(20)10(2)19-13(14(3,4)5)16-17-18-19/h6-7,10H,8H2,1-5H3,(H,15,20). The molecule has 0 spiro atoms. The number of hydrogen-bond acceptors (Lipinski definition) is 5. The van der Waals surface area contributed by atoms with Crippen molar-refractivity contribution >= 4 is 17.2 Å². The Balaban J connectivity index is 2.04. The van der Waals surface area contributed by atoms with Gasteiger partial charge in [-0.15, -0.1) is 16.4 Å². The first-order chi connectivity index (χ1) is 9.79. The fraction of sp³-hybridized carbons (Fsp3) is 0.571. The van der Waals surface area contributed by atoms with Crippen molar-refractivity contribution in [2.75, 3.05) is 0 Å². The van der Waals surface area contributed by atoms with Gasteiger partial charge in [0.05, 0.1) is 6.54 Å². The van der Waals surface area contributed by atoms with Crippen molar-refractivity contribution in [3.63, 3.8) is 0 Å². The molecule has 0 saturated heterocycles. The van der Waals surface area contributed by atoms with Crippen LogP contribution in [0.1, 0.15) is 49.3 Å². The van der Waals surface area contributed by atoms with Gasteiger partial charge < -0.3 is 5.32 Å². The Kier molecular flexibility index (Phi) is 4.41. The highest BCUT2D eigenvalue weighted by Crippen LogP contribution is 2.21. The highest BCUT2D eigenvalue weighted by Gasteiger charge is 2.27. The van der Waals surface area contributed by atoms with Crippen LogP contribution >= 0.6 is 11.3 Å². The van der Waals surface area contributed by atoms with Gasteiger partial charge in [0.25, 0.3) is 0 Å². The zero-order valence-corrected chi connectivity index (χ0v) is 13.9. The van der Waals surface area contributed by atoms with Gasteiger partial charge >= 0.3 is 0 Å². The number of nitrogens with one attached hydrogen (secondary N) is 1. The van der Waals surface area contributed by atoms with Crippen molar-refractivity contribution in [3.05, 3.63) is 27.7 Å². The molecule has 1 unspecified atom stereocenters. The molecule has 0 bridgehead atoms. The maximum Gasteiger partial charge on any atom is 0.245 e. The zero-order valence-electron chi connectivity index (χ0n) is 13.0. The van der Waals surface area contributed by atoms with Gasteiger partial charge in [-0.25, -0.2) is 4.68 Å². The second-order valence-corrected chi connectivity index (χ2v) is 7.48. The molecule has 1 N–H and O–H groups in total. The first-order valence-electron chi connectivity index (χ1n) is 6.90. The molecule has 2 aromatic rings. The topological polar surface area (TPSA) is 72.7 Å². The molecule has 2 rings (SSSR count). The van der Waals surface area contributed by atoms with Crippen molar-refractivity contribution in [1.82, 2.24) is 25.5 Å². The van der Waals surface area contributed by atoms with Gasteiger partial charge in [-0.1, -0.05) is 20.8 Å². The predicted octanol–water partition coefficient (Wildman–Crippen LogP) is 2.22. The zero-order chi connectivity index (χ0) is 15.6. The summed E-state index contributed by atoms with van der Waals surface area (Å²) in [6.07, 6.45) is 0. The maximum atomic E-state index is 12.3. The van der Waals surface area contributed by atoms with E-state index in [0.717, 1.165) is 4.88 Å². The molecule has 6 nitrogen and oxygen atoms in total. The summed E-state index contributed by atoms with van der Waals surface area (Å²) in [6, 6.07) is 3.65. The molecule has 0 aliphatic rings. The minimum atomic E-state index is -0.435. The lowest BCUT2D eigenvalue weighted by Crippen LogP contribution is -2.33. The second-order valence-electron chi connectivity index (χ2n) is 6.10. The van der Waals surface area contributed by atoms with E-state index in [2.05, 4.69) is 33.8 Å². The quantitative estimate of drug-likeness (QED) is 0.940. The molecule has 1 atom stereocenters. The summed E-state index contributed by atoms with van der Waals surface area (Å²) in [5.41, 5.74) is -0.205. The Hall–Kier alpha value is -1.76. The van der Waals surface area contributed by atoms with E-state index >= 15 is 0 Å². The molecular weight excluding hydrogens is 286 g/mol. The number of hydrogen-bond donors (Lipinski definition) is 1. The molecule has 1 amide bonds. The van der Waals surface area contributed by atoms with Crippen LogP contribution in [0.15, 0.2) is 12.1 Å². The van der Waals surface area contributed by atoms with Crippen LogP contribution in [0, 0.1) is 6.92 Å². The molecular formula is C14H21N5OS. The minimum absolute atomic E-state index is 0.0844. The number of rotatable bonds is 4. The molecule has 0 saturated carbocycles. The van der Waals surface area contributed by atoms with Gasteiger partial charge in [0, 0.05) is 15.2 Å². The number of carbonyl (C=O) groups excluding carboxylic acids is 1. The van der Waals surface area contributed by atoms with Crippen molar-refractivity contribution in [1.29, 1.82) is 0 Å². The number of aryl methyl sites for hydroxylation is 1. The third kappa shape index (κ3) is 3.66. The van der Waals surface area contributed by atoms with Crippen LogP contribution in [0.4, 0.5) is 0 Å². The van der Waals surface area contributed by atoms with E-state index in [1.165, 1.54) is 4.88 Å². The van der Waals surface area contributed by atoms with Gasteiger partial charge in [-0.2, -0.15) is 0 Å². The van der Waals surface area contributed by atoms with E-state index in [1.54, 1.807) is 22.9 Å². The third-order valence-electron chi connectivity index (χ3n) is 3.14. The lowest BCUT2D eigenvalue weighted by atomic mass is 9.95. The lowest BCUT2D eigenvalue weighted by Gasteiger charge is -2.20. The molecule has 0 radical (unpaired) electrons. The lowest BCUT2D eigenvalue weighted by molar-refractivity contribution is -0.124. The average molecular weight is 307 g/mol. The van der Waals surface area contributed by atoms with Gasteiger partial charge in [-0.05, 0) is 36.4 Å². The number of aromatic nitrogens is 4. The first-order valence-corrected chi connectivity index (χ1v) is 7.72. The van der Waals surface area contributed by atoms with E-state index in [1.807, 2.05) is 26.8 Å². The van der Waals surface area contributed by atoms with Crippen molar-refractivity contribution in [3.8, 4) is 0 Å². The fourth-order valence-electron chi connectivity index (χ4n) is 1.96. The monoisotopic (exact) mass is 307 g/mol. The fourth-order valence-corrected chi connectivity index (χ4v) is 2.79. The van der Waals surface area contributed by atoms with Crippen LogP contribution < -0.4 is 5.32 Å². The Morgan fingerprint density at radius 3 is 2.71 bits per heavy atom. The minimum Gasteiger partial charge on any atom is -0.349 e. The molecule has 2 heterocycles. The Morgan fingerprint density at radius 1 is 1.43 bits per heavy atom. The molecule has 21 heavy (non-hydrogen) atoms. The summed E-state index contributed by atoms with van der Waals surface area (Å²) in [6.45, 7) is 10.5. The van der Waals surface area contributed by atoms with E-state index in [4.69, 9.17) is 0 Å². The van der Waals surface area contributed by atoms with Crippen molar-refractivity contribution in [2.45, 2.75) is 52.6 Å². The average Bonchev–Trinajstić information content (AvgIpc) is 3.02. The summed E-state index contributed by atoms with van der Waals surface area (Å²) in [7, 11) is 0. The van der Waals surface area contributed by atoms with Gasteiger partial charge in [-0.3, -0.25) is 4.79 Å². The maximum absolute atomic E-state index is 12.3. The van der Waals surface area contributed by atoms with Crippen molar-refractivity contribution in [2.24, 2.45) is 0 Å². The predicted molar refractivity (Wildman–Crippen MR) is 82.1 cm³/mol. The van der Waals surface area contributed by atoms with Crippen LogP contribution in [-0.2, 0) is 16.8 Å². The van der Waals surface area contributed by atoms with Gasteiger partial charge in [0.2, 0.25) is 5.91 Å². The van der Waals surface area contributed by atoms with Crippen LogP contribution in [0.2, 0.25) is 0 Å². The number of tetrazole rings is 1. The second kappa shape index (κ2) is 5.93. The van der Waals surface area contributed by atoms with E-state index < -0.39 is 6.04 Å². The summed E-state index contributed by atoms with van der Waals surface area (Å²) in [5, 5.41) is 14.6. The smallest absolute Gasteiger partial charge is 0.245 e. The number of carbonyl (C=O) groups is 1. The molecule has 0 aromatic carbocycles.